The third-order valence-electron chi connectivity index (χ3n) is 3.05. The van der Waals surface area contributed by atoms with E-state index in [0.717, 1.165) is 0 Å². The maximum atomic E-state index is 12.3. The first-order valence-corrected chi connectivity index (χ1v) is 9.24. The third-order valence-corrected chi connectivity index (χ3v) is 4.24. The molecule has 9 heteroatoms. The van der Waals surface area contributed by atoms with Gasteiger partial charge in [-0.15, -0.1) is 0 Å². The van der Waals surface area contributed by atoms with Crippen LogP contribution in [0.1, 0.15) is 23.2 Å². The van der Waals surface area contributed by atoms with Gasteiger partial charge in [0.05, 0.1) is 17.0 Å². The van der Waals surface area contributed by atoms with Crippen molar-refractivity contribution in [3.63, 3.8) is 0 Å². The molecular formula is C15H18Cl2N2O4S. The average molecular weight is 393 g/mol. The van der Waals surface area contributed by atoms with Crippen molar-refractivity contribution in [2.75, 3.05) is 18.6 Å². The van der Waals surface area contributed by atoms with Crippen LogP contribution in [-0.2, 0) is 9.59 Å². The predicted molar refractivity (Wildman–Crippen MR) is 96.0 cm³/mol. The molecule has 0 aliphatic rings. The van der Waals surface area contributed by atoms with E-state index in [1.807, 2.05) is 6.26 Å². The molecule has 0 aromatic heterocycles. The summed E-state index contributed by atoms with van der Waals surface area (Å²) in [7, 11) is 0. The zero-order valence-corrected chi connectivity index (χ0v) is 15.3. The molecule has 132 valence electrons. The highest BCUT2D eigenvalue weighted by Crippen LogP contribution is 2.21. The molecule has 0 saturated carbocycles. The Morgan fingerprint density at radius 2 is 2.00 bits per heavy atom. The van der Waals surface area contributed by atoms with Crippen LogP contribution >= 0.6 is 35.0 Å². The van der Waals surface area contributed by atoms with Crippen LogP contribution in [0.25, 0.3) is 0 Å². The molecule has 1 aromatic carbocycles. The van der Waals surface area contributed by atoms with Crippen LogP contribution in [0, 0.1) is 0 Å². The summed E-state index contributed by atoms with van der Waals surface area (Å²) in [5.74, 6) is -1.26. The molecule has 0 saturated heterocycles. The Balaban J connectivity index is 2.74. The summed E-state index contributed by atoms with van der Waals surface area (Å²) in [6.07, 6.45) is 2.12. The van der Waals surface area contributed by atoms with Gasteiger partial charge in [-0.2, -0.15) is 11.8 Å². The lowest BCUT2D eigenvalue weighted by molar-refractivity contribution is -0.137. The third kappa shape index (κ3) is 6.98. The van der Waals surface area contributed by atoms with Gasteiger partial charge in [-0.1, -0.05) is 23.2 Å². The number of halogens is 2. The number of carbonyl (C=O) groups excluding carboxylic acids is 2. The SMILES string of the molecule is CSCCC(NC(=O)c1ccc(Cl)cc1Cl)C(=O)NCCC(=O)O. The van der Waals surface area contributed by atoms with Crippen LogP contribution in [0.2, 0.25) is 10.0 Å². The Morgan fingerprint density at radius 1 is 1.29 bits per heavy atom. The summed E-state index contributed by atoms with van der Waals surface area (Å²) in [5, 5.41) is 14.3. The van der Waals surface area contributed by atoms with Gasteiger partial charge in [0, 0.05) is 11.6 Å². The first-order chi connectivity index (χ1) is 11.3. The molecular weight excluding hydrogens is 375 g/mol. The Kier molecular flexibility index (Phi) is 8.95. The number of thioether (sulfide) groups is 1. The Labute approximate surface area is 154 Å². The number of nitrogens with one attached hydrogen (secondary N) is 2. The second-order valence-corrected chi connectivity index (χ2v) is 6.70. The van der Waals surface area contributed by atoms with Crippen LogP contribution in [0.3, 0.4) is 0 Å². The fourth-order valence-electron chi connectivity index (χ4n) is 1.83. The number of carbonyl (C=O) groups is 3. The van der Waals surface area contributed by atoms with Crippen molar-refractivity contribution in [3.8, 4) is 0 Å². The topological polar surface area (TPSA) is 95.5 Å². The number of benzene rings is 1. The number of amides is 2. The van der Waals surface area contributed by atoms with Gasteiger partial charge in [-0.05, 0) is 36.6 Å². The van der Waals surface area contributed by atoms with E-state index in [2.05, 4.69) is 10.6 Å². The fourth-order valence-corrected chi connectivity index (χ4v) is 2.80. The molecule has 1 rings (SSSR count). The molecule has 3 N–H and O–H groups in total. The van der Waals surface area contributed by atoms with Crippen molar-refractivity contribution in [3.05, 3.63) is 33.8 Å². The first kappa shape index (κ1) is 20.6. The van der Waals surface area contributed by atoms with E-state index in [1.54, 1.807) is 0 Å². The molecule has 0 aliphatic carbocycles. The predicted octanol–water partition coefficient (Wildman–Crippen LogP) is 2.44. The molecule has 24 heavy (non-hydrogen) atoms. The standard InChI is InChI=1S/C15H18Cl2N2O4S/c1-24-7-5-12(15(23)18-6-4-13(20)21)19-14(22)10-3-2-9(16)8-11(10)17/h2-3,8,12H,4-7H2,1H3,(H,18,23)(H,19,22)(H,20,21). The molecule has 0 bridgehead atoms. The largest absolute Gasteiger partial charge is 0.481 e. The van der Waals surface area contributed by atoms with Gasteiger partial charge in [-0.3, -0.25) is 14.4 Å². The number of aliphatic carboxylic acids is 1. The van der Waals surface area contributed by atoms with Gasteiger partial charge >= 0.3 is 5.97 Å². The molecule has 1 aromatic rings. The molecule has 0 heterocycles. The molecule has 1 atom stereocenters. The van der Waals surface area contributed by atoms with E-state index in [4.69, 9.17) is 28.3 Å². The van der Waals surface area contributed by atoms with Gasteiger partial charge in [0.15, 0.2) is 0 Å². The van der Waals surface area contributed by atoms with E-state index in [0.29, 0.717) is 17.2 Å². The highest BCUT2D eigenvalue weighted by atomic mass is 35.5. The summed E-state index contributed by atoms with van der Waals surface area (Å²) < 4.78 is 0. The number of rotatable bonds is 9. The summed E-state index contributed by atoms with van der Waals surface area (Å²) >= 11 is 13.3. The van der Waals surface area contributed by atoms with Crippen molar-refractivity contribution >= 4 is 52.7 Å². The van der Waals surface area contributed by atoms with Crippen molar-refractivity contribution in [1.82, 2.24) is 10.6 Å². The highest BCUT2D eigenvalue weighted by Gasteiger charge is 2.22. The summed E-state index contributed by atoms with van der Waals surface area (Å²) in [4.78, 5) is 35.0. The summed E-state index contributed by atoms with van der Waals surface area (Å²) in [6, 6.07) is 3.69. The van der Waals surface area contributed by atoms with Gasteiger partial charge in [-0.25, -0.2) is 0 Å². The molecule has 0 aliphatic heterocycles. The number of hydrogen-bond acceptors (Lipinski definition) is 4. The van der Waals surface area contributed by atoms with E-state index in [1.165, 1.54) is 30.0 Å². The maximum absolute atomic E-state index is 12.3. The smallest absolute Gasteiger partial charge is 0.305 e. The van der Waals surface area contributed by atoms with Crippen molar-refractivity contribution in [2.24, 2.45) is 0 Å². The monoisotopic (exact) mass is 392 g/mol. The quantitative estimate of drug-likeness (QED) is 0.599. The Bertz CT molecular complexity index is 613. The molecule has 1 unspecified atom stereocenters. The first-order valence-electron chi connectivity index (χ1n) is 7.09. The van der Waals surface area contributed by atoms with Crippen LogP contribution in [0.15, 0.2) is 18.2 Å². The Morgan fingerprint density at radius 3 is 2.58 bits per heavy atom. The number of hydrogen-bond donors (Lipinski definition) is 3. The van der Waals surface area contributed by atoms with Crippen molar-refractivity contribution in [2.45, 2.75) is 18.9 Å². The van der Waals surface area contributed by atoms with E-state index >= 15 is 0 Å². The van der Waals surface area contributed by atoms with Crippen LogP contribution < -0.4 is 10.6 Å². The van der Waals surface area contributed by atoms with E-state index in [-0.39, 0.29) is 23.6 Å². The van der Waals surface area contributed by atoms with Gasteiger partial charge in [0.1, 0.15) is 6.04 Å². The second-order valence-electron chi connectivity index (χ2n) is 4.87. The fraction of sp³-hybridized carbons (Fsp3) is 0.400. The lowest BCUT2D eigenvalue weighted by Crippen LogP contribution is -2.47. The molecule has 0 fully saturated rings. The van der Waals surface area contributed by atoms with E-state index < -0.39 is 23.8 Å². The van der Waals surface area contributed by atoms with Crippen LogP contribution in [-0.4, -0.2) is 47.5 Å². The minimum atomic E-state index is -1.01. The summed E-state index contributed by atoms with van der Waals surface area (Å²) in [6.45, 7) is 0.00149. The molecule has 6 nitrogen and oxygen atoms in total. The maximum Gasteiger partial charge on any atom is 0.305 e. The summed E-state index contributed by atoms with van der Waals surface area (Å²) in [5.41, 5.74) is 0.216. The van der Waals surface area contributed by atoms with Crippen LogP contribution in [0.4, 0.5) is 0 Å². The van der Waals surface area contributed by atoms with E-state index in [9.17, 15) is 14.4 Å². The highest BCUT2D eigenvalue weighted by molar-refractivity contribution is 7.98. The molecule has 0 radical (unpaired) electrons. The number of carboxylic acid groups (broad SMARTS) is 1. The number of carboxylic acids is 1. The van der Waals surface area contributed by atoms with Gasteiger partial charge in [0.25, 0.3) is 5.91 Å². The Hall–Kier alpha value is -1.44. The zero-order valence-electron chi connectivity index (χ0n) is 13.0. The second kappa shape index (κ2) is 10.4. The van der Waals surface area contributed by atoms with Gasteiger partial charge < -0.3 is 15.7 Å². The minimum Gasteiger partial charge on any atom is -0.481 e. The van der Waals surface area contributed by atoms with Crippen molar-refractivity contribution in [1.29, 1.82) is 0 Å². The minimum absolute atomic E-state index is 0.00149. The molecule has 2 amide bonds. The zero-order chi connectivity index (χ0) is 18.1. The average Bonchev–Trinajstić information content (AvgIpc) is 2.50. The lowest BCUT2D eigenvalue weighted by atomic mass is 10.1. The van der Waals surface area contributed by atoms with Crippen LogP contribution in [0.5, 0.6) is 0 Å². The van der Waals surface area contributed by atoms with Gasteiger partial charge in [0.2, 0.25) is 5.91 Å². The molecule has 0 spiro atoms. The van der Waals surface area contributed by atoms with Crippen molar-refractivity contribution < 1.29 is 19.5 Å². The lowest BCUT2D eigenvalue weighted by Gasteiger charge is -2.18. The normalized spacial score (nSPS) is 11.6.